The number of amides is 1. The Kier molecular flexibility index (Phi) is 3.87. The molecule has 2 aliphatic rings. The van der Waals surface area contributed by atoms with Crippen LogP contribution in [0.3, 0.4) is 0 Å². The maximum atomic E-state index is 13.5. The molecule has 1 amide bonds. The van der Waals surface area contributed by atoms with E-state index in [4.69, 9.17) is 11.6 Å². The van der Waals surface area contributed by atoms with Crippen LogP contribution >= 0.6 is 11.6 Å². The maximum absolute atomic E-state index is 13.5. The van der Waals surface area contributed by atoms with Gasteiger partial charge in [0.2, 0.25) is 5.91 Å². The van der Waals surface area contributed by atoms with Crippen LogP contribution in [0.25, 0.3) is 11.1 Å². The van der Waals surface area contributed by atoms with E-state index in [1.165, 1.54) is 0 Å². The number of carbonyl (C=O) groups is 2. The second kappa shape index (κ2) is 5.80. The number of carbonyl (C=O) groups excluding carboxylic acids is 2. The third-order valence-corrected chi connectivity index (χ3v) is 6.10. The summed E-state index contributed by atoms with van der Waals surface area (Å²) < 4.78 is 0. The Labute approximate surface area is 164 Å². The van der Waals surface area contributed by atoms with Gasteiger partial charge in [-0.2, -0.15) is 0 Å². The summed E-state index contributed by atoms with van der Waals surface area (Å²) in [5.41, 5.74) is 2.54. The minimum absolute atomic E-state index is 0.0151. The van der Waals surface area contributed by atoms with E-state index in [9.17, 15) is 9.59 Å². The van der Waals surface area contributed by atoms with Crippen LogP contribution in [-0.2, 0) is 9.59 Å². The SMILES string of the molecule is CN1C(=O)C2(C)CC(C)(C)C(=O)C(c3ccccc3)=C2c2cc(Cl)ccc21. The van der Waals surface area contributed by atoms with E-state index >= 15 is 0 Å². The molecule has 1 aliphatic heterocycles. The Morgan fingerprint density at radius 1 is 1.00 bits per heavy atom. The van der Waals surface area contributed by atoms with Gasteiger partial charge < -0.3 is 4.90 Å². The summed E-state index contributed by atoms with van der Waals surface area (Å²) in [6.07, 6.45) is 0.472. The Morgan fingerprint density at radius 3 is 2.33 bits per heavy atom. The van der Waals surface area contributed by atoms with Crippen LogP contribution in [0.4, 0.5) is 5.69 Å². The van der Waals surface area contributed by atoms with Crippen molar-refractivity contribution in [2.45, 2.75) is 27.2 Å². The van der Waals surface area contributed by atoms with E-state index in [1.54, 1.807) is 18.0 Å². The van der Waals surface area contributed by atoms with E-state index in [-0.39, 0.29) is 11.7 Å². The number of hydrogen-bond donors (Lipinski definition) is 0. The highest BCUT2D eigenvalue weighted by Gasteiger charge is 2.55. The molecule has 0 aromatic heterocycles. The molecule has 0 saturated carbocycles. The van der Waals surface area contributed by atoms with E-state index in [0.29, 0.717) is 17.0 Å². The smallest absolute Gasteiger partial charge is 0.237 e. The van der Waals surface area contributed by atoms with Gasteiger partial charge in [-0.25, -0.2) is 0 Å². The van der Waals surface area contributed by atoms with Gasteiger partial charge in [-0.1, -0.05) is 55.8 Å². The highest BCUT2D eigenvalue weighted by atomic mass is 35.5. The maximum Gasteiger partial charge on any atom is 0.237 e. The summed E-state index contributed by atoms with van der Waals surface area (Å²) in [6, 6.07) is 15.2. The van der Waals surface area contributed by atoms with Gasteiger partial charge in [0.15, 0.2) is 5.78 Å². The fourth-order valence-corrected chi connectivity index (χ4v) is 4.93. The summed E-state index contributed by atoms with van der Waals surface area (Å²) in [7, 11) is 1.79. The lowest BCUT2D eigenvalue weighted by Gasteiger charge is -2.48. The number of nitrogens with zero attached hydrogens (tertiary/aromatic N) is 1. The molecule has 1 unspecified atom stereocenters. The normalized spacial score (nSPS) is 24.0. The third kappa shape index (κ3) is 2.49. The molecule has 1 aliphatic carbocycles. The summed E-state index contributed by atoms with van der Waals surface area (Å²) in [5, 5.41) is 0.594. The summed E-state index contributed by atoms with van der Waals surface area (Å²) in [6.45, 7) is 5.82. The summed E-state index contributed by atoms with van der Waals surface area (Å²) >= 11 is 6.31. The minimum Gasteiger partial charge on any atom is -0.314 e. The molecule has 4 heteroatoms. The molecule has 4 rings (SSSR count). The molecule has 0 radical (unpaired) electrons. The van der Waals surface area contributed by atoms with E-state index in [1.807, 2.05) is 63.2 Å². The van der Waals surface area contributed by atoms with Crippen LogP contribution in [0, 0.1) is 10.8 Å². The first-order valence-corrected chi connectivity index (χ1v) is 9.48. The molecule has 0 N–H and O–H groups in total. The zero-order chi connectivity index (χ0) is 19.6. The number of benzene rings is 2. The Balaban J connectivity index is 2.17. The number of Topliss-reactive ketones (excluding diaryl/α,β-unsaturated/α-hetero) is 1. The van der Waals surface area contributed by atoms with Gasteiger partial charge in [-0.3, -0.25) is 9.59 Å². The monoisotopic (exact) mass is 379 g/mol. The van der Waals surface area contributed by atoms with Gasteiger partial charge in [-0.05, 0) is 42.7 Å². The summed E-state index contributed by atoms with van der Waals surface area (Å²) in [5.74, 6) is 0.0887. The van der Waals surface area contributed by atoms with Gasteiger partial charge in [-0.15, -0.1) is 0 Å². The highest BCUT2D eigenvalue weighted by Crippen LogP contribution is 2.58. The molecular weight excluding hydrogens is 358 g/mol. The largest absolute Gasteiger partial charge is 0.314 e. The lowest BCUT2D eigenvalue weighted by atomic mass is 9.57. The van der Waals surface area contributed by atoms with Crippen LogP contribution in [-0.4, -0.2) is 18.7 Å². The van der Waals surface area contributed by atoms with Crippen molar-refractivity contribution >= 4 is 40.1 Å². The fraction of sp³-hybridized carbons (Fsp3) is 0.304. The molecule has 0 spiro atoms. The molecule has 138 valence electrons. The first kappa shape index (κ1) is 18.0. The van der Waals surface area contributed by atoms with Crippen molar-refractivity contribution in [2.75, 3.05) is 11.9 Å². The Hall–Kier alpha value is -2.39. The van der Waals surface area contributed by atoms with Gasteiger partial charge >= 0.3 is 0 Å². The van der Waals surface area contributed by atoms with Crippen LogP contribution in [0.2, 0.25) is 5.02 Å². The lowest BCUT2D eigenvalue weighted by Crippen LogP contribution is -2.51. The minimum atomic E-state index is -0.783. The average molecular weight is 380 g/mol. The van der Waals surface area contributed by atoms with Crippen molar-refractivity contribution in [3.8, 4) is 0 Å². The molecule has 27 heavy (non-hydrogen) atoms. The summed E-state index contributed by atoms with van der Waals surface area (Å²) in [4.78, 5) is 28.7. The number of ketones is 1. The Morgan fingerprint density at radius 2 is 1.67 bits per heavy atom. The first-order chi connectivity index (χ1) is 12.7. The standard InChI is InChI=1S/C23H22ClNO2/c1-22(2)13-23(3)19(18(20(22)26)14-8-6-5-7-9-14)16-12-15(24)10-11-17(16)25(4)21(23)27/h5-12H,13H2,1-4H3. The molecule has 2 aromatic rings. The van der Waals surface area contributed by atoms with Crippen LogP contribution in [0.5, 0.6) is 0 Å². The molecule has 2 aromatic carbocycles. The number of hydrogen-bond acceptors (Lipinski definition) is 2. The number of anilines is 1. The predicted octanol–water partition coefficient (Wildman–Crippen LogP) is 5.23. The molecular formula is C23H22ClNO2. The van der Waals surface area contributed by atoms with Crippen molar-refractivity contribution in [1.82, 2.24) is 0 Å². The molecule has 0 fully saturated rings. The van der Waals surface area contributed by atoms with Gasteiger partial charge in [0.1, 0.15) is 0 Å². The number of fused-ring (bicyclic) bond motifs is 3. The quantitative estimate of drug-likeness (QED) is 0.680. The van der Waals surface area contributed by atoms with E-state index in [2.05, 4.69) is 0 Å². The van der Waals surface area contributed by atoms with Gasteiger partial charge in [0.25, 0.3) is 0 Å². The van der Waals surface area contributed by atoms with Gasteiger partial charge in [0.05, 0.1) is 11.1 Å². The van der Waals surface area contributed by atoms with Crippen molar-refractivity contribution < 1.29 is 9.59 Å². The van der Waals surface area contributed by atoms with Gasteiger partial charge in [0, 0.05) is 28.6 Å². The highest BCUT2D eigenvalue weighted by molar-refractivity contribution is 6.36. The molecule has 0 saturated heterocycles. The number of halogens is 1. The second-order valence-corrected chi connectivity index (χ2v) is 8.80. The van der Waals surface area contributed by atoms with Crippen molar-refractivity contribution in [2.24, 2.45) is 10.8 Å². The molecule has 0 bridgehead atoms. The molecule has 3 nitrogen and oxygen atoms in total. The molecule has 1 atom stereocenters. The van der Waals surface area contributed by atoms with Crippen molar-refractivity contribution in [1.29, 1.82) is 0 Å². The van der Waals surface area contributed by atoms with Crippen molar-refractivity contribution in [3.63, 3.8) is 0 Å². The number of rotatable bonds is 1. The topological polar surface area (TPSA) is 37.4 Å². The molecule has 1 heterocycles. The average Bonchev–Trinajstić information content (AvgIpc) is 2.62. The zero-order valence-electron chi connectivity index (χ0n) is 16.0. The van der Waals surface area contributed by atoms with E-state index < -0.39 is 10.8 Å². The first-order valence-electron chi connectivity index (χ1n) is 9.10. The van der Waals surface area contributed by atoms with Crippen molar-refractivity contribution in [3.05, 3.63) is 64.7 Å². The fourth-order valence-electron chi connectivity index (χ4n) is 4.76. The van der Waals surface area contributed by atoms with Crippen LogP contribution in [0.15, 0.2) is 48.5 Å². The predicted molar refractivity (Wildman–Crippen MR) is 110 cm³/mol. The number of allylic oxidation sites excluding steroid dienone is 1. The second-order valence-electron chi connectivity index (χ2n) is 8.36. The van der Waals surface area contributed by atoms with E-state index in [0.717, 1.165) is 22.4 Å². The Bertz CT molecular complexity index is 1010. The third-order valence-electron chi connectivity index (χ3n) is 5.87. The zero-order valence-corrected chi connectivity index (χ0v) is 16.7. The van der Waals surface area contributed by atoms with Crippen LogP contribution in [0.1, 0.15) is 38.3 Å². The van der Waals surface area contributed by atoms with Crippen LogP contribution < -0.4 is 4.90 Å². The lowest BCUT2D eigenvalue weighted by molar-refractivity contribution is -0.129.